The van der Waals surface area contributed by atoms with Crippen LogP contribution in [0, 0.1) is 21.4 Å². The van der Waals surface area contributed by atoms with E-state index in [1.54, 1.807) is 30.3 Å². The van der Waals surface area contributed by atoms with Gasteiger partial charge in [-0.2, -0.15) is 5.26 Å². The molecule has 0 bridgehead atoms. The van der Waals surface area contributed by atoms with Crippen molar-refractivity contribution in [3.8, 4) is 17.6 Å². The van der Waals surface area contributed by atoms with Crippen LogP contribution < -0.4 is 9.47 Å². The van der Waals surface area contributed by atoms with Gasteiger partial charge in [0.15, 0.2) is 11.5 Å². The van der Waals surface area contributed by atoms with E-state index >= 15 is 0 Å². The van der Waals surface area contributed by atoms with E-state index in [2.05, 4.69) is 6.07 Å². The monoisotopic (exact) mass is 478 g/mol. The number of hydrogen-bond donors (Lipinski definition) is 1. The van der Waals surface area contributed by atoms with Gasteiger partial charge in [-0.1, -0.05) is 23.7 Å². The van der Waals surface area contributed by atoms with Crippen LogP contribution >= 0.6 is 11.6 Å². The predicted octanol–water partition coefficient (Wildman–Crippen LogP) is 5.99. The minimum atomic E-state index is -1.01. The fourth-order valence-corrected chi connectivity index (χ4v) is 3.36. The number of carbonyl (C=O) groups is 1. The number of halogens is 1. The number of nitro benzene ring substituents is 1. The molecule has 3 aromatic rings. The Morgan fingerprint density at radius 2 is 1.76 bits per heavy atom. The number of carboxylic acid groups (broad SMARTS) is 1. The van der Waals surface area contributed by atoms with E-state index in [1.807, 2.05) is 6.92 Å². The van der Waals surface area contributed by atoms with E-state index in [1.165, 1.54) is 36.4 Å². The molecule has 0 unspecified atom stereocenters. The number of benzene rings is 3. The van der Waals surface area contributed by atoms with Crippen LogP contribution in [-0.4, -0.2) is 22.6 Å². The number of allylic oxidation sites excluding steroid dienone is 1. The Morgan fingerprint density at radius 1 is 1.12 bits per heavy atom. The van der Waals surface area contributed by atoms with Crippen LogP contribution in [0.3, 0.4) is 0 Å². The predicted molar refractivity (Wildman–Crippen MR) is 127 cm³/mol. The van der Waals surface area contributed by atoms with Crippen molar-refractivity contribution >= 4 is 34.9 Å². The van der Waals surface area contributed by atoms with Crippen LogP contribution in [-0.2, 0) is 6.61 Å². The number of non-ortho nitro benzene ring substituents is 1. The summed E-state index contributed by atoms with van der Waals surface area (Å²) in [6.07, 6.45) is 1.60. The van der Waals surface area contributed by atoms with Crippen LogP contribution in [0.5, 0.6) is 11.5 Å². The number of rotatable bonds is 9. The summed E-state index contributed by atoms with van der Waals surface area (Å²) in [6.45, 7) is 2.30. The van der Waals surface area contributed by atoms with Crippen molar-refractivity contribution in [3.05, 3.63) is 98.1 Å². The van der Waals surface area contributed by atoms with E-state index in [0.717, 1.165) is 5.56 Å². The third kappa shape index (κ3) is 5.91. The highest BCUT2D eigenvalue weighted by molar-refractivity contribution is 6.32. The van der Waals surface area contributed by atoms with Gasteiger partial charge in [0.1, 0.15) is 6.61 Å². The van der Waals surface area contributed by atoms with E-state index in [9.17, 15) is 20.2 Å². The molecular weight excluding hydrogens is 460 g/mol. The standard InChI is InChI=1S/C25H19ClN2O6/c1-2-33-23-13-17(11-20(14-27)18-7-9-21(10-8-18)28(31)32)12-22(26)24(23)34-15-16-3-5-19(6-4-16)25(29)30/h3-13H,2,15H2,1H3,(H,29,30)/b20-11+. The zero-order valence-corrected chi connectivity index (χ0v) is 18.8. The van der Waals surface area contributed by atoms with Crippen molar-refractivity contribution in [2.45, 2.75) is 13.5 Å². The summed E-state index contributed by atoms with van der Waals surface area (Å²) in [6, 6.07) is 17.3. The number of carboxylic acids is 1. The molecule has 0 aromatic heterocycles. The molecular formula is C25H19ClN2O6. The summed E-state index contributed by atoms with van der Waals surface area (Å²) in [5.41, 5.74) is 2.25. The molecule has 0 aliphatic rings. The van der Waals surface area contributed by atoms with Gasteiger partial charge in [0.25, 0.3) is 5.69 Å². The van der Waals surface area contributed by atoms with E-state index < -0.39 is 10.9 Å². The first kappa shape index (κ1) is 24.3. The van der Waals surface area contributed by atoms with Gasteiger partial charge in [0.2, 0.25) is 0 Å². The lowest BCUT2D eigenvalue weighted by molar-refractivity contribution is -0.384. The SMILES string of the molecule is CCOc1cc(/C=C(\C#N)c2ccc([N+](=O)[O-])cc2)cc(Cl)c1OCc1ccc(C(=O)O)cc1. The Bertz CT molecular complexity index is 1280. The molecule has 0 amide bonds. The van der Waals surface area contributed by atoms with E-state index in [4.69, 9.17) is 26.2 Å². The number of aromatic carboxylic acids is 1. The Labute approximate surface area is 200 Å². The van der Waals surface area contributed by atoms with Crippen molar-refractivity contribution in [2.24, 2.45) is 0 Å². The molecule has 1 N–H and O–H groups in total. The third-order valence-corrected chi connectivity index (χ3v) is 5.02. The topological polar surface area (TPSA) is 123 Å². The number of nitrogens with zero attached hydrogens (tertiary/aromatic N) is 2. The molecule has 0 heterocycles. The molecule has 9 heteroatoms. The fraction of sp³-hybridized carbons (Fsp3) is 0.120. The van der Waals surface area contributed by atoms with E-state index in [0.29, 0.717) is 34.8 Å². The second-order valence-electron chi connectivity index (χ2n) is 7.03. The molecule has 3 aromatic carbocycles. The van der Waals surface area contributed by atoms with Gasteiger partial charge in [0.05, 0.1) is 33.8 Å². The van der Waals surface area contributed by atoms with Crippen molar-refractivity contribution in [1.82, 2.24) is 0 Å². The first-order valence-corrected chi connectivity index (χ1v) is 10.5. The first-order valence-electron chi connectivity index (χ1n) is 10.1. The average molecular weight is 479 g/mol. The normalized spacial score (nSPS) is 10.9. The maximum Gasteiger partial charge on any atom is 0.335 e. The smallest absolute Gasteiger partial charge is 0.335 e. The summed E-state index contributed by atoms with van der Waals surface area (Å²) in [4.78, 5) is 21.3. The molecule has 0 atom stereocenters. The average Bonchev–Trinajstić information content (AvgIpc) is 2.82. The number of ether oxygens (including phenoxy) is 2. The van der Waals surface area contributed by atoms with Gasteiger partial charge in [-0.3, -0.25) is 10.1 Å². The highest BCUT2D eigenvalue weighted by Crippen LogP contribution is 2.38. The van der Waals surface area contributed by atoms with Crippen LogP contribution in [0.25, 0.3) is 11.6 Å². The van der Waals surface area contributed by atoms with Crippen LogP contribution in [0.15, 0.2) is 60.7 Å². The van der Waals surface area contributed by atoms with Crippen LogP contribution in [0.4, 0.5) is 5.69 Å². The lowest BCUT2D eigenvalue weighted by Crippen LogP contribution is -2.02. The minimum absolute atomic E-state index is 0.0678. The second-order valence-corrected chi connectivity index (χ2v) is 7.43. The van der Waals surface area contributed by atoms with Gasteiger partial charge >= 0.3 is 5.97 Å². The Balaban J connectivity index is 1.87. The lowest BCUT2D eigenvalue weighted by Gasteiger charge is -2.15. The fourth-order valence-electron chi connectivity index (χ4n) is 3.08. The Hall–Kier alpha value is -4.35. The quantitative estimate of drug-likeness (QED) is 0.173. The molecule has 0 radical (unpaired) electrons. The van der Waals surface area contributed by atoms with Crippen molar-refractivity contribution in [3.63, 3.8) is 0 Å². The zero-order chi connectivity index (χ0) is 24.7. The molecule has 172 valence electrons. The Morgan fingerprint density at radius 3 is 2.32 bits per heavy atom. The highest BCUT2D eigenvalue weighted by Gasteiger charge is 2.14. The van der Waals surface area contributed by atoms with Gasteiger partial charge in [-0.05, 0) is 66.1 Å². The van der Waals surface area contributed by atoms with Gasteiger partial charge in [-0.25, -0.2) is 4.79 Å². The maximum atomic E-state index is 11.0. The summed E-state index contributed by atoms with van der Waals surface area (Å²) < 4.78 is 11.5. The molecule has 0 aliphatic carbocycles. The number of hydrogen-bond acceptors (Lipinski definition) is 6. The molecule has 3 rings (SSSR count). The molecule has 34 heavy (non-hydrogen) atoms. The molecule has 0 aliphatic heterocycles. The van der Waals surface area contributed by atoms with Crippen molar-refractivity contribution < 1.29 is 24.3 Å². The number of nitriles is 1. The first-order chi connectivity index (χ1) is 16.3. The largest absolute Gasteiger partial charge is 0.490 e. The molecule has 0 fully saturated rings. The molecule has 0 saturated heterocycles. The van der Waals surface area contributed by atoms with Gasteiger partial charge in [0, 0.05) is 12.1 Å². The van der Waals surface area contributed by atoms with Crippen molar-refractivity contribution in [1.29, 1.82) is 5.26 Å². The summed E-state index contributed by atoms with van der Waals surface area (Å²) in [5, 5.41) is 29.7. The second kappa shape index (κ2) is 11.0. The highest BCUT2D eigenvalue weighted by atomic mass is 35.5. The Kier molecular flexibility index (Phi) is 7.85. The maximum absolute atomic E-state index is 11.0. The summed E-state index contributed by atoms with van der Waals surface area (Å²) in [7, 11) is 0. The minimum Gasteiger partial charge on any atom is -0.490 e. The molecule has 0 spiro atoms. The van der Waals surface area contributed by atoms with Crippen LogP contribution in [0.2, 0.25) is 5.02 Å². The lowest BCUT2D eigenvalue weighted by atomic mass is 10.0. The summed E-state index contributed by atoms with van der Waals surface area (Å²) in [5.74, 6) is -0.315. The molecule has 0 saturated carbocycles. The third-order valence-electron chi connectivity index (χ3n) is 4.74. The van der Waals surface area contributed by atoms with Gasteiger partial charge < -0.3 is 14.6 Å². The van der Waals surface area contributed by atoms with Gasteiger partial charge in [-0.15, -0.1) is 0 Å². The van der Waals surface area contributed by atoms with E-state index in [-0.39, 0.29) is 22.9 Å². The zero-order valence-electron chi connectivity index (χ0n) is 18.0. The molecule has 8 nitrogen and oxygen atoms in total. The number of nitro groups is 1. The summed E-state index contributed by atoms with van der Waals surface area (Å²) >= 11 is 6.46. The van der Waals surface area contributed by atoms with Crippen LogP contribution in [0.1, 0.15) is 34.0 Å². The van der Waals surface area contributed by atoms with Crippen molar-refractivity contribution in [2.75, 3.05) is 6.61 Å².